The molecule has 0 unspecified atom stereocenters. The van der Waals surface area contributed by atoms with Gasteiger partial charge in [0, 0.05) is 68.5 Å². The lowest BCUT2D eigenvalue weighted by molar-refractivity contribution is -0.120. The topological polar surface area (TPSA) is 98.6 Å². The zero-order valence-electron chi connectivity index (χ0n) is 27.4. The normalized spacial score (nSPS) is 17.7. The van der Waals surface area contributed by atoms with E-state index in [-0.39, 0.29) is 29.6 Å². The van der Waals surface area contributed by atoms with Crippen LogP contribution in [0.4, 0.5) is 10.5 Å². The highest BCUT2D eigenvalue weighted by Crippen LogP contribution is 2.32. The van der Waals surface area contributed by atoms with Crippen molar-refractivity contribution in [3.05, 3.63) is 101 Å². The third kappa shape index (κ3) is 5.93. The highest BCUT2D eigenvalue weighted by Gasteiger charge is 2.35. The second kappa shape index (κ2) is 12.8. The van der Waals surface area contributed by atoms with E-state index in [0.717, 1.165) is 51.7 Å². The summed E-state index contributed by atoms with van der Waals surface area (Å²) >= 11 is 0. The van der Waals surface area contributed by atoms with Crippen LogP contribution in [-0.2, 0) is 24.7 Å². The third-order valence-electron chi connectivity index (χ3n) is 9.93. The summed E-state index contributed by atoms with van der Waals surface area (Å²) in [5, 5.41) is 4.22. The fourth-order valence-corrected chi connectivity index (χ4v) is 7.67. The van der Waals surface area contributed by atoms with Crippen LogP contribution in [0.15, 0.2) is 83.8 Å². The van der Waals surface area contributed by atoms with Gasteiger partial charge in [-0.3, -0.25) is 13.9 Å². The summed E-state index contributed by atoms with van der Waals surface area (Å²) in [5.41, 5.74) is 5.86. The Hall–Kier alpha value is -4.83. The molecule has 244 valence electrons. The summed E-state index contributed by atoms with van der Waals surface area (Å²) in [6.07, 6.45) is 4.55. The molecule has 3 aromatic carbocycles. The van der Waals surface area contributed by atoms with Crippen molar-refractivity contribution in [3.8, 4) is 0 Å². The van der Waals surface area contributed by atoms with Gasteiger partial charge in [-0.05, 0) is 74.7 Å². The molecule has 0 spiro atoms. The van der Waals surface area contributed by atoms with Crippen LogP contribution in [0.5, 0.6) is 0 Å². The molecule has 2 aliphatic heterocycles. The highest BCUT2D eigenvalue weighted by molar-refractivity contribution is 6.00. The van der Waals surface area contributed by atoms with Crippen molar-refractivity contribution in [2.24, 2.45) is 13.0 Å². The molecule has 4 heterocycles. The molecule has 0 radical (unpaired) electrons. The van der Waals surface area contributed by atoms with E-state index in [9.17, 15) is 14.4 Å². The first-order valence-electron chi connectivity index (χ1n) is 16.6. The maximum Gasteiger partial charge on any atom is 0.329 e. The third-order valence-corrected chi connectivity index (χ3v) is 9.93. The molecule has 0 aliphatic carbocycles. The predicted octanol–water partition coefficient (Wildman–Crippen LogP) is 4.55. The molecule has 0 bridgehead atoms. The second-order valence-electron chi connectivity index (χ2n) is 13.4. The number of urea groups is 1. The lowest BCUT2D eigenvalue weighted by Crippen LogP contribution is -2.56. The van der Waals surface area contributed by atoms with Crippen LogP contribution in [0.25, 0.3) is 21.9 Å². The average Bonchev–Trinajstić information content (AvgIpc) is 3.60. The number of hydrogen-bond donors (Lipinski definition) is 2. The fraction of sp³-hybridized carbons (Fsp3) is 0.378. The molecule has 47 heavy (non-hydrogen) atoms. The number of aromatic amines is 1. The maximum absolute atomic E-state index is 14.6. The lowest BCUT2D eigenvalue weighted by Gasteiger charge is -2.38. The van der Waals surface area contributed by atoms with Crippen molar-refractivity contribution in [2.75, 3.05) is 45.2 Å². The van der Waals surface area contributed by atoms with Gasteiger partial charge in [-0.15, -0.1) is 0 Å². The number of fused-ring (bicyclic) bond motifs is 3. The number of aromatic nitrogens is 3. The minimum Gasteiger partial charge on any atom is -0.361 e. The zero-order chi connectivity index (χ0) is 32.7. The van der Waals surface area contributed by atoms with Crippen LogP contribution < -0.4 is 15.9 Å². The van der Waals surface area contributed by atoms with Gasteiger partial charge in [0.1, 0.15) is 6.04 Å². The van der Waals surface area contributed by atoms with Gasteiger partial charge in [-0.2, -0.15) is 0 Å². The number of H-pyrrole nitrogens is 1. The van der Waals surface area contributed by atoms with E-state index in [1.165, 1.54) is 0 Å². The Morgan fingerprint density at radius 1 is 0.957 bits per heavy atom. The lowest BCUT2D eigenvalue weighted by atomic mass is 9.91. The molecular weight excluding hydrogens is 590 g/mol. The van der Waals surface area contributed by atoms with Crippen molar-refractivity contribution in [2.45, 2.75) is 37.8 Å². The second-order valence-corrected chi connectivity index (χ2v) is 13.4. The van der Waals surface area contributed by atoms with E-state index in [1.54, 1.807) is 16.5 Å². The summed E-state index contributed by atoms with van der Waals surface area (Å²) in [6.45, 7) is 2.46. The van der Waals surface area contributed by atoms with E-state index in [4.69, 9.17) is 0 Å². The van der Waals surface area contributed by atoms with Crippen LogP contribution in [0.1, 0.15) is 30.0 Å². The Morgan fingerprint density at radius 3 is 2.45 bits per heavy atom. The number of imidazole rings is 1. The van der Waals surface area contributed by atoms with E-state index in [2.05, 4.69) is 35.4 Å². The Labute approximate surface area is 274 Å². The van der Waals surface area contributed by atoms with Gasteiger partial charge in [0.2, 0.25) is 5.91 Å². The number of nitrogens with one attached hydrogen (secondary N) is 2. The van der Waals surface area contributed by atoms with E-state index in [0.29, 0.717) is 38.9 Å². The number of piperidine rings is 1. The number of hydrogen-bond acceptors (Lipinski definition) is 4. The van der Waals surface area contributed by atoms with Crippen molar-refractivity contribution < 1.29 is 9.59 Å². The van der Waals surface area contributed by atoms with Gasteiger partial charge in [-0.25, -0.2) is 9.59 Å². The number of rotatable bonds is 7. The Morgan fingerprint density at radius 2 is 1.66 bits per heavy atom. The van der Waals surface area contributed by atoms with E-state index >= 15 is 0 Å². The molecule has 2 atom stereocenters. The molecule has 1 fully saturated rings. The highest BCUT2D eigenvalue weighted by atomic mass is 16.2. The van der Waals surface area contributed by atoms with Crippen LogP contribution in [0.2, 0.25) is 0 Å². The van der Waals surface area contributed by atoms with E-state index < -0.39 is 6.04 Å². The summed E-state index contributed by atoms with van der Waals surface area (Å²) < 4.78 is 3.57. The van der Waals surface area contributed by atoms with Gasteiger partial charge >= 0.3 is 11.7 Å². The van der Waals surface area contributed by atoms with Gasteiger partial charge in [0.25, 0.3) is 0 Å². The van der Waals surface area contributed by atoms with Crippen molar-refractivity contribution in [3.63, 3.8) is 0 Å². The number of nitrogens with zero attached hydrogens (tertiary/aromatic N) is 5. The first kappa shape index (κ1) is 30.8. The number of likely N-dealkylation sites (tertiary alicyclic amines) is 1. The molecule has 2 aromatic heterocycles. The van der Waals surface area contributed by atoms with Crippen LogP contribution in [0, 0.1) is 5.92 Å². The van der Waals surface area contributed by atoms with Gasteiger partial charge in [-0.1, -0.05) is 48.5 Å². The number of anilines is 1. The number of carbonyl (C=O) groups excluding carboxylic acids is 2. The average molecular weight is 634 g/mol. The van der Waals surface area contributed by atoms with Gasteiger partial charge < -0.3 is 25.0 Å². The number of benzene rings is 3. The van der Waals surface area contributed by atoms with Crippen molar-refractivity contribution in [1.29, 1.82) is 0 Å². The largest absolute Gasteiger partial charge is 0.361 e. The number of carbonyl (C=O) groups is 2. The summed E-state index contributed by atoms with van der Waals surface area (Å²) in [7, 11) is 5.93. The first-order chi connectivity index (χ1) is 22.8. The molecule has 5 aromatic rings. The molecule has 10 nitrogen and oxygen atoms in total. The Balaban J connectivity index is 1.13. The Bertz CT molecular complexity index is 1980. The van der Waals surface area contributed by atoms with Gasteiger partial charge in [0.15, 0.2) is 0 Å². The SMILES string of the molecule is CN(C)C[C@H]1Cc2ccccc2N(C(=O)[C@@H](Cc2c[nH]c3ccccc23)NC(=O)N2CCC(n3c(=O)n(C)c4ccccc43)CC2)C1. The molecule has 2 aliphatic rings. The molecular formula is C37H43N7O3. The maximum atomic E-state index is 14.6. The quantitative estimate of drug-likeness (QED) is 0.275. The molecule has 2 N–H and O–H groups in total. The predicted molar refractivity (Wildman–Crippen MR) is 186 cm³/mol. The summed E-state index contributed by atoms with van der Waals surface area (Å²) in [4.78, 5) is 50.9. The standard InChI is InChI=1S/C37H43N7O3/c1-40(2)23-25-20-26-10-4-7-13-32(26)43(24-25)35(45)31(21-27-22-38-30-12-6-5-11-29(27)30)39-36(46)42-18-16-28(17-19-42)44-34-15-9-8-14-33(34)41(3)37(44)47/h4-15,22,25,28,31,38H,16-21,23-24H2,1-3H3,(H,39,46)/t25-,31-/m1/s1. The fourth-order valence-electron chi connectivity index (χ4n) is 7.67. The molecule has 1 saturated heterocycles. The summed E-state index contributed by atoms with van der Waals surface area (Å²) in [5.74, 6) is 0.182. The summed E-state index contributed by atoms with van der Waals surface area (Å²) in [6, 6.07) is 23.0. The van der Waals surface area contributed by atoms with Crippen molar-refractivity contribution in [1.82, 2.24) is 29.2 Å². The number of aryl methyl sites for hydroxylation is 1. The monoisotopic (exact) mass is 633 g/mol. The smallest absolute Gasteiger partial charge is 0.329 e. The van der Waals surface area contributed by atoms with E-state index in [1.807, 2.05) is 82.4 Å². The van der Waals surface area contributed by atoms with Crippen LogP contribution in [-0.4, -0.2) is 82.2 Å². The number of para-hydroxylation sites is 4. The molecule has 10 heteroatoms. The Kier molecular flexibility index (Phi) is 8.36. The molecule has 7 rings (SSSR count). The minimum absolute atomic E-state index is 0.000203. The zero-order valence-corrected chi connectivity index (χ0v) is 27.4. The molecule has 0 saturated carbocycles. The first-order valence-corrected chi connectivity index (χ1v) is 16.6. The van der Waals surface area contributed by atoms with Gasteiger partial charge in [0.05, 0.1) is 11.0 Å². The van der Waals surface area contributed by atoms with Crippen molar-refractivity contribution >= 4 is 39.6 Å². The van der Waals surface area contributed by atoms with Crippen LogP contribution >= 0.6 is 0 Å². The van der Waals surface area contributed by atoms with Crippen LogP contribution in [0.3, 0.4) is 0 Å². The molecule has 3 amide bonds. The minimum atomic E-state index is -0.758. The number of amides is 3.